The van der Waals surface area contributed by atoms with Crippen molar-refractivity contribution in [1.82, 2.24) is 15.0 Å². The van der Waals surface area contributed by atoms with Crippen molar-refractivity contribution >= 4 is 52.8 Å². The standard InChI is InChI=1S/C48H66N6O6/c1-7-10-13-37(31(4)43(55)56)28-34-16-22-40(23-17-34)49-46-52-47(50-41-24-18-35(19-25-41)29-38(14-11-8-2)32(5)44(57)58)54-48(53-46)51-42-26-20-36(21-27-42)30-39(15-12-9-3)33(6)45(59)60/h16-27,31-33,37-39H,7-15,28-30H2,1-6H3,(H,55,56)(H,57,58)(H,59,60)(H3,49,50,51,52,53,54). The van der Waals surface area contributed by atoms with Crippen molar-refractivity contribution in [2.45, 2.75) is 119 Å². The van der Waals surface area contributed by atoms with E-state index in [-0.39, 0.29) is 17.8 Å². The van der Waals surface area contributed by atoms with Gasteiger partial charge in [-0.2, -0.15) is 15.0 Å². The molecule has 0 spiro atoms. The maximum Gasteiger partial charge on any atom is 0.306 e. The maximum absolute atomic E-state index is 11.8. The summed E-state index contributed by atoms with van der Waals surface area (Å²) in [5.74, 6) is -2.57. The quantitative estimate of drug-likeness (QED) is 0.0335. The molecule has 4 aromatic rings. The number of anilines is 6. The van der Waals surface area contributed by atoms with Gasteiger partial charge >= 0.3 is 17.9 Å². The van der Waals surface area contributed by atoms with E-state index in [2.05, 4.69) is 36.7 Å². The number of carboxylic acids is 3. The lowest BCUT2D eigenvalue weighted by Gasteiger charge is -2.21. The second kappa shape index (κ2) is 23.9. The molecular weight excluding hydrogens is 757 g/mol. The molecule has 6 atom stereocenters. The maximum atomic E-state index is 11.8. The van der Waals surface area contributed by atoms with Gasteiger partial charge in [0.2, 0.25) is 17.8 Å². The predicted molar refractivity (Wildman–Crippen MR) is 240 cm³/mol. The minimum Gasteiger partial charge on any atom is -0.481 e. The van der Waals surface area contributed by atoms with Crippen LogP contribution in [0.5, 0.6) is 0 Å². The zero-order valence-corrected chi connectivity index (χ0v) is 36.3. The number of nitrogens with zero attached hydrogens (tertiary/aromatic N) is 3. The van der Waals surface area contributed by atoms with Gasteiger partial charge in [-0.25, -0.2) is 0 Å². The Morgan fingerprint density at radius 3 is 0.883 bits per heavy atom. The fourth-order valence-electron chi connectivity index (χ4n) is 7.60. The highest BCUT2D eigenvalue weighted by molar-refractivity contribution is 5.71. The summed E-state index contributed by atoms with van der Waals surface area (Å²) < 4.78 is 0. The molecule has 12 heteroatoms. The van der Waals surface area contributed by atoms with Gasteiger partial charge in [0.25, 0.3) is 0 Å². The summed E-state index contributed by atoms with van der Waals surface area (Å²) in [6.07, 6.45) is 10.6. The average Bonchev–Trinajstić information content (AvgIpc) is 3.23. The van der Waals surface area contributed by atoms with Crippen LogP contribution in [0.4, 0.5) is 34.9 Å². The van der Waals surface area contributed by atoms with Crippen LogP contribution in [-0.2, 0) is 33.6 Å². The Bertz CT molecular complexity index is 1700. The molecule has 0 radical (unpaired) electrons. The molecule has 0 bridgehead atoms. The number of carboxylic acid groups (broad SMARTS) is 3. The minimum atomic E-state index is -0.771. The van der Waals surface area contributed by atoms with Crippen molar-refractivity contribution in [2.24, 2.45) is 35.5 Å². The molecular formula is C48H66N6O6. The molecule has 6 unspecified atom stereocenters. The minimum absolute atomic E-state index is 0.0433. The monoisotopic (exact) mass is 823 g/mol. The van der Waals surface area contributed by atoms with Gasteiger partial charge in [-0.3, -0.25) is 14.4 Å². The summed E-state index contributed by atoms with van der Waals surface area (Å²) in [4.78, 5) is 49.5. The van der Waals surface area contributed by atoms with E-state index in [1.807, 2.05) is 72.8 Å². The molecule has 0 aliphatic heterocycles. The highest BCUT2D eigenvalue weighted by Gasteiger charge is 2.25. The molecule has 0 saturated carbocycles. The van der Waals surface area contributed by atoms with Gasteiger partial charge in [0, 0.05) is 17.1 Å². The van der Waals surface area contributed by atoms with Crippen LogP contribution in [0.15, 0.2) is 72.8 Å². The van der Waals surface area contributed by atoms with Gasteiger partial charge in [-0.05, 0) is 109 Å². The Balaban J connectivity index is 1.57. The summed E-state index contributed by atoms with van der Waals surface area (Å²) in [6.45, 7) is 11.7. The number of hydrogen-bond acceptors (Lipinski definition) is 9. The van der Waals surface area contributed by atoms with E-state index in [0.717, 1.165) is 91.5 Å². The van der Waals surface area contributed by atoms with Gasteiger partial charge < -0.3 is 31.3 Å². The molecule has 3 aromatic carbocycles. The Hall–Kier alpha value is -5.52. The molecule has 60 heavy (non-hydrogen) atoms. The van der Waals surface area contributed by atoms with Crippen LogP contribution in [0.25, 0.3) is 0 Å². The molecule has 1 heterocycles. The molecule has 6 N–H and O–H groups in total. The normalized spacial score (nSPS) is 14.3. The number of unbranched alkanes of at least 4 members (excludes halogenated alkanes) is 3. The van der Waals surface area contributed by atoms with E-state index >= 15 is 0 Å². The van der Waals surface area contributed by atoms with E-state index in [0.29, 0.717) is 37.1 Å². The number of benzene rings is 3. The van der Waals surface area contributed by atoms with E-state index in [1.54, 1.807) is 20.8 Å². The van der Waals surface area contributed by atoms with Crippen LogP contribution < -0.4 is 16.0 Å². The lowest BCUT2D eigenvalue weighted by molar-refractivity contribution is -0.144. The van der Waals surface area contributed by atoms with Crippen molar-refractivity contribution < 1.29 is 29.7 Å². The van der Waals surface area contributed by atoms with Crippen molar-refractivity contribution in [3.05, 3.63) is 89.5 Å². The zero-order chi connectivity index (χ0) is 43.6. The Kier molecular flexibility index (Phi) is 18.8. The number of aromatic nitrogens is 3. The first-order valence-electron chi connectivity index (χ1n) is 21.8. The summed E-state index contributed by atoms with van der Waals surface area (Å²) in [5.41, 5.74) is 5.45. The van der Waals surface area contributed by atoms with Crippen molar-refractivity contribution in [3.63, 3.8) is 0 Å². The van der Waals surface area contributed by atoms with Crippen molar-refractivity contribution in [3.8, 4) is 0 Å². The largest absolute Gasteiger partial charge is 0.481 e. The third-order valence-corrected chi connectivity index (χ3v) is 11.8. The molecule has 4 rings (SSSR count). The molecule has 0 fully saturated rings. The smallest absolute Gasteiger partial charge is 0.306 e. The highest BCUT2D eigenvalue weighted by atomic mass is 16.4. The van der Waals surface area contributed by atoms with Crippen LogP contribution in [-0.4, -0.2) is 48.2 Å². The molecule has 0 aliphatic rings. The van der Waals surface area contributed by atoms with Crippen molar-refractivity contribution in [2.75, 3.05) is 16.0 Å². The Morgan fingerprint density at radius 1 is 0.450 bits per heavy atom. The summed E-state index contributed by atoms with van der Waals surface area (Å²) in [5, 5.41) is 39.0. The Labute approximate surface area is 356 Å². The number of hydrogen-bond donors (Lipinski definition) is 6. The van der Waals surface area contributed by atoms with E-state index in [4.69, 9.17) is 15.0 Å². The van der Waals surface area contributed by atoms with Crippen LogP contribution >= 0.6 is 0 Å². The molecule has 12 nitrogen and oxygen atoms in total. The highest BCUT2D eigenvalue weighted by Crippen LogP contribution is 2.29. The molecule has 324 valence electrons. The van der Waals surface area contributed by atoms with Crippen LogP contribution in [0.1, 0.15) is 116 Å². The summed E-state index contributed by atoms with van der Waals surface area (Å²) in [6, 6.07) is 23.7. The molecule has 0 amide bonds. The third kappa shape index (κ3) is 14.9. The molecule has 0 aliphatic carbocycles. The molecule has 0 saturated heterocycles. The number of aliphatic carboxylic acids is 3. The topological polar surface area (TPSA) is 187 Å². The molecule has 1 aromatic heterocycles. The van der Waals surface area contributed by atoms with Gasteiger partial charge in [0.1, 0.15) is 0 Å². The SMILES string of the molecule is CCCCC(Cc1ccc(Nc2nc(Nc3ccc(CC(CCCC)C(C)C(=O)O)cc3)nc(Nc3ccc(CC(CCCC)C(C)C(=O)O)cc3)n2)cc1)C(C)C(=O)O. The number of carbonyl (C=O) groups is 3. The van der Waals surface area contributed by atoms with Gasteiger partial charge in [-0.15, -0.1) is 0 Å². The van der Waals surface area contributed by atoms with E-state index < -0.39 is 35.7 Å². The van der Waals surface area contributed by atoms with Crippen molar-refractivity contribution in [1.29, 1.82) is 0 Å². The predicted octanol–water partition coefficient (Wildman–Crippen LogP) is 11.3. The summed E-state index contributed by atoms with van der Waals surface area (Å²) in [7, 11) is 0. The van der Waals surface area contributed by atoms with E-state index in [1.165, 1.54) is 0 Å². The third-order valence-electron chi connectivity index (χ3n) is 11.8. The lowest BCUT2D eigenvalue weighted by atomic mass is 9.84. The Morgan fingerprint density at radius 2 is 0.683 bits per heavy atom. The number of nitrogens with one attached hydrogen (secondary N) is 3. The van der Waals surface area contributed by atoms with Crippen LogP contribution in [0.2, 0.25) is 0 Å². The fourth-order valence-corrected chi connectivity index (χ4v) is 7.60. The fraction of sp³-hybridized carbons (Fsp3) is 0.500. The van der Waals surface area contributed by atoms with Gasteiger partial charge in [-0.1, -0.05) is 116 Å². The first kappa shape index (κ1) is 47.2. The van der Waals surface area contributed by atoms with Crippen LogP contribution in [0, 0.1) is 35.5 Å². The van der Waals surface area contributed by atoms with Gasteiger partial charge in [0.05, 0.1) is 17.8 Å². The number of rotatable bonds is 27. The average molecular weight is 823 g/mol. The van der Waals surface area contributed by atoms with E-state index in [9.17, 15) is 29.7 Å². The first-order valence-corrected chi connectivity index (χ1v) is 21.8. The first-order chi connectivity index (χ1) is 28.8. The van der Waals surface area contributed by atoms with Crippen LogP contribution in [0.3, 0.4) is 0 Å². The van der Waals surface area contributed by atoms with Gasteiger partial charge in [0.15, 0.2) is 0 Å². The lowest BCUT2D eigenvalue weighted by Crippen LogP contribution is -2.22. The second-order valence-electron chi connectivity index (χ2n) is 16.5. The zero-order valence-electron chi connectivity index (χ0n) is 36.3. The summed E-state index contributed by atoms with van der Waals surface area (Å²) >= 11 is 0. The second-order valence-corrected chi connectivity index (χ2v) is 16.5.